The van der Waals surface area contributed by atoms with Crippen molar-refractivity contribution in [2.45, 2.75) is 18.8 Å². The molecule has 1 aliphatic carbocycles. The molecule has 0 radical (unpaired) electrons. The molecular weight excluding hydrogens is 254 g/mol. The zero-order valence-corrected chi connectivity index (χ0v) is 12.1. The molecule has 0 N–H and O–H groups in total. The molecule has 0 amide bonds. The highest BCUT2D eigenvalue weighted by atomic mass is 14.3. The zero-order valence-electron chi connectivity index (χ0n) is 12.1. The van der Waals surface area contributed by atoms with E-state index in [0.717, 1.165) is 6.42 Å². The maximum atomic E-state index is 8.85. The van der Waals surface area contributed by atoms with Gasteiger partial charge in [-0.25, -0.2) is 0 Å². The molecule has 1 aliphatic rings. The Labute approximate surface area is 125 Å². The smallest absolute Gasteiger partial charge is 0.0991 e. The van der Waals surface area contributed by atoms with Crippen LogP contribution < -0.4 is 0 Å². The quantitative estimate of drug-likeness (QED) is 0.765. The molecule has 0 fully saturated rings. The summed E-state index contributed by atoms with van der Waals surface area (Å²) in [5.74, 6) is 0. The Kier molecular flexibility index (Phi) is 3.46. The molecule has 1 unspecified atom stereocenters. The number of nitriles is 1. The highest BCUT2D eigenvalue weighted by molar-refractivity contribution is 5.76. The third-order valence-corrected chi connectivity index (χ3v) is 4.16. The summed E-state index contributed by atoms with van der Waals surface area (Å²) >= 11 is 0. The molecule has 0 heterocycles. The minimum Gasteiger partial charge on any atom is -0.192 e. The van der Waals surface area contributed by atoms with E-state index < -0.39 is 0 Å². The second-order valence-electron chi connectivity index (χ2n) is 5.67. The molecule has 1 heteroatoms. The van der Waals surface area contributed by atoms with Crippen LogP contribution in [-0.4, -0.2) is 0 Å². The van der Waals surface area contributed by atoms with E-state index in [4.69, 9.17) is 5.26 Å². The molecule has 2 aromatic rings. The van der Waals surface area contributed by atoms with E-state index >= 15 is 0 Å². The van der Waals surface area contributed by atoms with E-state index in [1.807, 2.05) is 24.3 Å². The fraction of sp³-hybridized carbons (Fsp3) is 0.150. The van der Waals surface area contributed by atoms with Gasteiger partial charge in [-0.1, -0.05) is 67.6 Å². The molecule has 1 atom stereocenters. The maximum absolute atomic E-state index is 8.85. The second kappa shape index (κ2) is 5.42. The summed E-state index contributed by atoms with van der Waals surface area (Å²) in [7, 11) is 0. The molecule has 3 rings (SSSR count). The molecule has 21 heavy (non-hydrogen) atoms. The van der Waals surface area contributed by atoms with Crippen molar-refractivity contribution >= 4 is 5.57 Å². The van der Waals surface area contributed by atoms with Crippen LogP contribution in [0.4, 0.5) is 0 Å². The van der Waals surface area contributed by atoms with Gasteiger partial charge in [0, 0.05) is 5.41 Å². The summed E-state index contributed by atoms with van der Waals surface area (Å²) in [6, 6.07) is 20.5. The minimum atomic E-state index is 0.0668. The first-order valence-corrected chi connectivity index (χ1v) is 7.17. The lowest BCUT2D eigenvalue weighted by atomic mass is 9.75. The van der Waals surface area contributed by atoms with Gasteiger partial charge in [0.2, 0.25) is 0 Å². The summed E-state index contributed by atoms with van der Waals surface area (Å²) in [5, 5.41) is 8.85. The van der Waals surface area contributed by atoms with E-state index in [2.05, 4.69) is 61.6 Å². The van der Waals surface area contributed by atoms with Gasteiger partial charge in [-0.2, -0.15) is 5.26 Å². The predicted octanol–water partition coefficient (Wildman–Crippen LogP) is 4.86. The SMILES string of the molecule is CC1(c2ccccc2)C=CC(c2ccc(C#N)cc2)=CC1. The molecule has 102 valence electrons. The van der Waals surface area contributed by atoms with Gasteiger partial charge < -0.3 is 0 Å². The van der Waals surface area contributed by atoms with Crippen LogP contribution in [0.5, 0.6) is 0 Å². The van der Waals surface area contributed by atoms with Crippen molar-refractivity contribution in [2.75, 3.05) is 0 Å². The van der Waals surface area contributed by atoms with Gasteiger partial charge >= 0.3 is 0 Å². The lowest BCUT2D eigenvalue weighted by molar-refractivity contribution is 0.601. The Hall–Kier alpha value is -2.59. The Morgan fingerprint density at radius 1 is 1.00 bits per heavy atom. The lowest BCUT2D eigenvalue weighted by Crippen LogP contribution is -2.19. The summed E-state index contributed by atoms with van der Waals surface area (Å²) in [5.41, 5.74) is 4.51. The predicted molar refractivity (Wildman–Crippen MR) is 86.7 cm³/mol. The molecule has 0 aromatic heterocycles. The van der Waals surface area contributed by atoms with Crippen molar-refractivity contribution in [3.05, 3.63) is 89.5 Å². The van der Waals surface area contributed by atoms with Crippen LogP contribution in [0.2, 0.25) is 0 Å². The van der Waals surface area contributed by atoms with Crippen molar-refractivity contribution < 1.29 is 0 Å². The van der Waals surface area contributed by atoms with Crippen molar-refractivity contribution in [3.63, 3.8) is 0 Å². The van der Waals surface area contributed by atoms with Gasteiger partial charge in [-0.05, 0) is 35.3 Å². The normalized spacial score (nSPS) is 20.7. The molecule has 0 saturated carbocycles. The lowest BCUT2D eigenvalue weighted by Gasteiger charge is -2.28. The first kappa shape index (κ1) is 13.4. The monoisotopic (exact) mass is 271 g/mol. The van der Waals surface area contributed by atoms with Crippen molar-refractivity contribution in [1.82, 2.24) is 0 Å². The van der Waals surface area contributed by atoms with Crippen molar-refractivity contribution in [1.29, 1.82) is 5.26 Å². The Balaban J connectivity index is 1.84. The van der Waals surface area contributed by atoms with Crippen LogP contribution in [0.25, 0.3) is 5.57 Å². The first-order valence-electron chi connectivity index (χ1n) is 7.17. The fourth-order valence-electron chi connectivity index (χ4n) is 2.72. The molecule has 0 aliphatic heterocycles. The van der Waals surface area contributed by atoms with E-state index in [-0.39, 0.29) is 5.41 Å². The highest BCUT2D eigenvalue weighted by Crippen LogP contribution is 2.35. The molecule has 0 spiro atoms. The number of hydrogen-bond donors (Lipinski definition) is 0. The third-order valence-electron chi connectivity index (χ3n) is 4.16. The third kappa shape index (κ3) is 2.66. The van der Waals surface area contributed by atoms with Gasteiger partial charge in [0.25, 0.3) is 0 Å². The summed E-state index contributed by atoms with van der Waals surface area (Å²) < 4.78 is 0. The van der Waals surface area contributed by atoms with Crippen LogP contribution >= 0.6 is 0 Å². The van der Waals surface area contributed by atoms with Crippen LogP contribution in [0, 0.1) is 11.3 Å². The number of benzene rings is 2. The van der Waals surface area contributed by atoms with Crippen LogP contribution in [0.15, 0.2) is 72.8 Å². The first-order chi connectivity index (χ1) is 10.2. The van der Waals surface area contributed by atoms with Gasteiger partial charge in [-0.3, -0.25) is 0 Å². The Morgan fingerprint density at radius 3 is 2.29 bits per heavy atom. The van der Waals surface area contributed by atoms with E-state index in [1.165, 1.54) is 16.7 Å². The van der Waals surface area contributed by atoms with Crippen LogP contribution in [0.1, 0.15) is 30.0 Å². The van der Waals surface area contributed by atoms with E-state index in [0.29, 0.717) is 5.56 Å². The molecular formula is C20H17N. The van der Waals surface area contributed by atoms with Gasteiger partial charge in [0.1, 0.15) is 0 Å². The standard InChI is InChI=1S/C20H17N/c1-20(19-5-3-2-4-6-19)13-11-18(12-14-20)17-9-7-16(15-21)8-10-17/h2-13H,14H2,1H3. The average molecular weight is 271 g/mol. The topological polar surface area (TPSA) is 23.8 Å². The van der Waals surface area contributed by atoms with Gasteiger partial charge in [0.15, 0.2) is 0 Å². The summed E-state index contributed by atoms with van der Waals surface area (Å²) in [4.78, 5) is 0. The highest BCUT2D eigenvalue weighted by Gasteiger charge is 2.24. The second-order valence-corrected chi connectivity index (χ2v) is 5.67. The molecule has 2 aromatic carbocycles. The van der Waals surface area contributed by atoms with Gasteiger partial charge in [0.05, 0.1) is 11.6 Å². The molecule has 0 saturated heterocycles. The Bertz CT molecular complexity index is 730. The zero-order chi connectivity index (χ0) is 14.7. The van der Waals surface area contributed by atoms with E-state index in [9.17, 15) is 0 Å². The fourth-order valence-corrected chi connectivity index (χ4v) is 2.72. The van der Waals surface area contributed by atoms with E-state index in [1.54, 1.807) is 0 Å². The molecule has 0 bridgehead atoms. The maximum Gasteiger partial charge on any atom is 0.0991 e. The van der Waals surface area contributed by atoms with Gasteiger partial charge in [-0.15, -0.1) is 0 Å². The number of allylic oxidation sites excluding steroid dienone is 4. The van der Waals surface area contributed by atoms with Crippen LogP contribution in [-0.2, 0) is 5.41 Å². The van der Waals surface area contributed by atoms with Crippen LogP contribution in [0.3, 0.4) is 0 Å². The number of rotatable bonds is 2. The summed E-state index contributed by atoms with van der Waals surface area (Å²) in [6.07, 6.45) is 7.75. The van der Waals surface area contributed by atoms with Crippen molar-refractivity contribution in [3.8, 4) is 6.07 Å². The average Bonchev–Trinajstić information content (AvgIpc) is 2.57. The summed E-state index contributed by atoms with van der Waals surface area (Å²) in [6.45, 7) is 2.27. The van der Waals surface area contributed by atoms with Crippen molar-refractivity contribution in [2.24, 2.45) is 0 Å². The number of hydrogen-bond acceptors (Lipinski definition) is 1. The minimum absolute atomic E-state index is 0.0668. The molecule has 1 nitrogen and oxygen atoms in total. The largest absolute Gasteiger partial charge is 0.192 e. The number of nitrogens with zero attached hydrogens (tertiary/aromatic N) is 1. The Morgan fingerprint density at radius 2 is 1.71 bits per heavy atom.